The van der Waals surface area contributed by atoms with Crippen molar-refractivity contribution in [1.29, 1.82) is 0 Å². The molecule has 8 atom stereocenters. The van der Waals surface area contributed by atoms with Gasteiger partial charge < -0.3 is 44.6 Å². The maximum atomic E-state index is 14.7. The molecule has 0 spiro atoms. The summed E-state index contributed by atoms with van der Waals surface area (Å²) in [6.07, 6.45) is 4.49. The molecule has 3 amide bonds. The number of hydrogen-bond acceptors (Lipinski definition) is 12. The van der Waals surface area contributed by atoms with Crippen LogP contribution in [0.25, 0.3) is 22.3 Å². The number of oxazole rings is 1. The molecule has 3 aromatic rings. The van der Waals surface area contributed by atoms with Gasteiger partial charge in [-0.1, -0.05) is 38.4 Å². The van der Waals surface area contributed by atoms with Gasteiger partial charge in [-0.2, -0.15) is 4.98 Å². The second kappa shape index (κ2) is 14.8. The number of nitrogens with one attached hydrogen (secondary N) is 3. The number of phenols is 1. The average molecular weight is 793 g/mol. The van der Waals surface area contributed by atoms with Crippen LogP contribution in [0.3, 0.4) is 0 Å². The number of esters is 1. The van der Waals surface area contributed by atoms with E-state index in [1.165, 1.54) is 30.8 Å². The van der Waals surface area contributed by atoms with E-state index in [0.717, 1.165) is 12.8 Å². The average Bonchev–Trinajstić information content (AvgIpc) is 3.80. The molecule has 300 valence electrons. The number of methoxy groups -OCH3 is 1. The van der Waals surface area contributed by atoms with Gasteiger partial charge >= 0.3 is 12.1 Å². The molecule has 4 aliphatic rings. The smallest absolute Gasteiger partial charge is 0.408 e. The fourth-order valence-electron chi connectivity index (χ4n) is 8.06. The van der Waals surface area contributed by atoms with Crippen LogP contribution in [0.2, 0.25) is 5.02 Å². The Balaban J connectivity index is 1.20. The maximum Gasteiger partial charge on any atom is 0.408 e. The summed E-state index contributed by atoms with van der Waals surface area (Å²) in [5.74, 6) is -0.758. The highest BCUT2D eigenvalue weighted by atomic mass is 35.5. The zero-order valence-electron chi connectivity index (χ0n) is 32.4. The summed E-state index contributed by atoms with van der Waals surface area (Å²) in [5.41, 5.74) is -1.17. The summed E-state index contributed by atoms with van der Waals surface area (Å²) >= 11 is 6.57. The molecular formula is C40H49ClN6O9. The number of alkyl carbamates (subject to hydrolysis) is 1. The van der Waals surface area contributed by atoms with Crippen molar-refractivity contribution in [2.75, 3.05) is 19.0 Å². The van der Waals surface area contributed by atoms with Crippen molar-refractivity contribution in [3.05, 3.63) is 42.1 Å². The van der Waals surface area contributed by atoms with Crippen LogP contribution >= 0.6 is 11.6 Å². The van der Waals surface area contributed by atoms with E-state index in [2.05, 4.69) is 32.5 Å². The van der Waals surface area contributed by atoms with Crippen molar-refractivity contribution in [1.82, 2.24) is 25.5 Å². The maximum absolute atomic E-state index is 14.7. The quantitative estimate of drug-likeness (QED) is 0.131. The molecule has 3 aliphatic carbocycles. The lowest BCUT2D eigenvalue weighted by molar-refractivity contribution is -0.148. The Bertz CT molecular complexity index is 2050. The first-order valence-electron chi connectivity index (χ1n) is 19.0. The van der Waals surface area contributed by atoms with Crippen molar-refractivity contribution < 1.29 is 42.9 Å². The number of rotatable bonds is 12. The van der Waals surface area contributed by atoms with Crippen LogP contribution in [0, 0.1) is 23.2 Å². The molecule has 2 aromatic heterocycles. The van der Waals surface area contributed by atoms with Gasteiger partial charge in [-0.25, -0.2) is 14.6 Å². The van der Waals surface area contributed by atoms with Gasteiger partial charge in [-0.05, 0) is 68.9 Å². The first-order valence-corrected chi connectivity index (χ1v) is 19.4. The van der Waals surface area contributed by atoms with E-state index in [9.17, 15) is 24.3 Å². The van der Waals surface area contributed by atoms with Crippen LogP contribution in [0.1, 0.15) is 66.7 Å². The van der Waals surface area contributed by atoms with Crippen LogP contribution in [-0.2, 0) is 23.9 Å². The molecule has 15 nitrogen and oxygen atoms in total. The van der Waals surface area contributed by atoms with Gasteiger partial charge in [0.15, 0.2) is 0 Å². The first kappa shape index (κ1) is 39.2. The van der Waals surface area contributed by atoms with Crippen LogP contribution in [0.15, 0.2) is 41.5 Å². The number of pyridine rings is 1. The summed E-state index contributed by atoms with van der Waals surface area (Å²) in [7, 11) is 1.25. The SMILES string of the molecule is C=C[C@@H]1CC1(NC(=O)[C@@H]1C[C@@H](Oc2cc(-c3coc(NC(C)C)n3)nc3c(Cl)c(O)ccc23)CN1C(=O)[C@@H](NC(=O)O[C@@H]1C[C@@H]2C[C@@H]2C1)C(C)(C)C)C(=O)OC. The van der Waals surface area contributed by atoms with E-state index in [4.69, 9.17) is 30.2 Å². The van der Waals surface area contributed by atoms with Gasteiger partial charge in [0.1, 0.15) is 58.3 Å². The second-order valence-corrected chi connectivity index (χ2v) is 17.2. The molecular weight excluding hydrogens is 744 g/mol. The highest BCUT2D eigenvalue weighted by Crippen LogP contribution is 2.52. The number of carbonyl (C=O) groups excluding carboxylic acids is 4. The molecule has 1 aliphatic heterocycles. The number of halogens is 1. The molecule has 3 heterocycles. The third kappa shape index (κ3) is 7.69. The van der Waals surface area contributed by atoms with E-state index in [1.54, 1.807) is 18.2 Å². The van der Waals surface area contributed by atoms with Crippen molar-refractivity contribution in [2.45, 2.75) is 103 Å². The Hall–Kier alpha value is -5.05. The standard InChI is InChI=1S/C40H49ClN6O9/c1-8-22-16-40(22,36(51)53-7)46-34(49)28-14-24(17-47(28)35(50)33(39(4,5)6)45-38(52)56-23-12-20-11-21(20)13-23)55-30-15-26(27-18-54-37(44-27)42-19(2)3)43-32-25(30)9-10-29(48)31(32)41/h8-10,15,18-24,28,33,48H,1,11-14,16-17H2,2-7H3,(H,42,44)(H,45,52)(H,46,49)/t20-,21+,22-,23+,24-,28+,33-,40?/m1/s1. The number of nitrogens with zero attached hydrogens (tertiary/aromatic N) is 3. The summed E-state index contributed by atoms with van der Waals surface area (Å²) < 4.78 is 23.0. The number of fused-ring (bicyclic) bond motifs is 2. The molecule has 1 aromatic carbocycles. The molecule has 3 saturated carbocycles. The van der Waals surface area contributed by atoms with Crippen LogP contribution in [-0.4, -0.2) is 93.4 Å². The zero-order chi connectivity index (χ0) is 40.3. The van der Waals surface area contributed by atoms with Crippen molar-refractivity contribution >= 4 is 52.4 Å². The highest BCUT2D eigenvalue weighted by Gasteiger charge is 2.62. The minimum absolute atomic E-state index is 0.00590. The van der Waals surface area contributed by atoms with Crippen molar-refractivity contribution in [2.24, 2.45) is 23.2 Å². The molecule has 1 saturated heterocycles. The van der Waals surface area contributed by atoms with Gasteiger partial charge in [0.05, 0.1) is 24.9 Å². The van der Waals surface area contributed by atoms with E-state index in [-0.39, 0.29) is 53.3 Å². The Morgan fingerprint density at radius 1 is 1.09 bits per heavy atom. The van der Waals surface area contributed by atoms with Gasteiger partial charge in [-0.3, -0.25) is 9.59 Å². The molecule has 1 unspecified atom stereocenters. The minimum Gasteiger partial charge on any atom is -0.506 e. The molecule has 7 rings (SSSR count). The number of likely N-dealkylation sites (tertiary alicyclic amines) is 1. The number of benzene rings is 1. The molecule has 0 radical (unpaired) electrons. The molecule has 4 N–H and O–H groups in total. The Morgan fingerprint density at radius 2 is 1.82 bits per heavy atom. The normalized spacial score (nSPS) is 27.0. The predicted octanol–water partition coefficient (Wildman–Crippen LogP) is 5.59. The lowest BCUT2D eigenvalue weighted by Crippen LogP contribution is -2.59. The van der Waals surface area contributed by atoms with Crippen molar-refractivity contribution in [3.8, 4) is 22.9 Å². The van der Waals surface area contributed by atoms with E-state index >= 15 is 0 Å². The Kier molecular flexibility index (Phi) is 10.4. The second-order valence-electron chi connectivity index (χ2n) is 16.8. The monoisotopic (exact) mass is 792 g/mol. The molecule has 4 fully saturated rings. The number of carbonyl (C=O) groups is 4. The number of phenolic OH excluding ortho intramolecular Hbond substituents is 1. The summed E-state index contributed by atoms with van der Waals surface area (Å²) in [6, 6.07) is 2.84. The number of aromatic hydroxyl groups is 1. The van der Waals surface area contributed by atoms with Gasteiger partial charge in [0.25, 0.3) is 6.01 Å². The number of hydrogen-bond donors (Lipinski definition) is 4. The molecule has 16 heteroatoms. The summed E-state index contributed by atoms with van der Waals surface area (Å²) in [5, 5.41) is 19.7. The predicted molar refractivity (Wildman–Crippen MR) is 206 cm³/mol. The zero-order valence-corrected chi connectivity index (χ0v) is 33.1. The fraction of sp³-hybridized carbons (Fsp3) is 0.550. The minimum atomic E-state index is -1.31. The van der Waals surface area contributed by atoms with E-state index in [0.29, 0.717) is 40.8 Å². The van der Waals surface area contributed by atoms with Gasteiger partial charge in [0, 0.05) is 29.8 Å². The largest absolute Gasteiger partial charge is 0.506 e. The van der Waals surface area contributed by atoms with Crippen molar-refractivity contribution in [3.63, 3.8) is 0 Å². The lowest BCUT2D eigenvalue weighted by Gasteiger charge is -2.35. The summed E-state index contributed by atoms with van der Waals surface area (Å²) in [6.45, 7) is 13.1. The number of anilines is 1. The number of amides is 3. The highest BCUT2D eigenvalue weighted by molar-refractivity contribution is 6.36. The van der Waals surface area contributed by atoms with Crippen LogP contribution in [0.5, 0.6) is 11.5 Å². The first-order chi connectivity index (χ1) is 26.5. The van der Waals surface area contributed by atoms with Crippen LogP contribution in [0.4, 0.5) is 10.8 Å². The third-order valence-electron chi connectivity index (χ3n) is 11.2. The molecule has 56 heavy (non-hydrogen) atoms. The fourth-order valence-corrected chi connectivity index (χ4v) is 8.27. The third-order valence-corrected chi connectivity index (χ3v) is 11.6. The number of ether oxygens (including phenoxy) is 3. The van der Waals surface area contributed by atoms with E-state index < -0.39 is 53.0 Å². The van der Waals surface area contributed by atoms with E-state index in [1.807, 2.05) is 34.6 Å². The number of aromatic nitrogens is 2. The molecule has 0 bridgehead atoms. The topological polar surface area (TPSA) is 194 Å². The van der Waals surface area contributed by atoms with Gasteiger partial charge in [0.2, 0.25) is 11.8 Å². The lowest BCUT2D eigenvalue weighted by atomic mass is 9.85. The Labute approximate surface area is 329 Å². The van der Waals surface area contributed by atoms with Gasteiger partial charge in [-0.15, -0.1) is 6.58 Å². The van der Waals surface area contributed by atoms with Crippen LogP contribution < -0.4 is 20.7 Å². The Morgan fingerprint density at radius 3 is 2.46 bits per heavy atom. The summed E-state index contributed by atoms with van der Waals surface area (Å²) in [4.78, 5) is 65.7.